The van der Waals surface area contributed by atoms with Crippen molar-refractivity contribution in [2.45, 2.75) is 39.5 Å². The molecule has 1 aliphatic rings. The van der Waals surface area contributed by atoms with Crippen molar-refractivity contribution in [3.8, 4) is 0 Å². The van der Waals surface area contributed by atoms with E-state index >= 15 is 0 Å². The topological polar surface area (TPSA) is 49.3 Å². The van der Waals surface area contributed by atoms with Gasteiger partial charge in [-0.2, -0.15) is 0 Å². The number of aromatic nitrogens is 2. The average molecular weight is 290 g/mol. The Hall–Kier alpha value is -1.65. The second-order valence-corrected chi connectivity index (χ2v) is 5.60. The van der Waals surface area contributed by atoms with Crippen molar-refractivity contribution in [1.82, 2.24) is 14.9 Å². The Kier molecular flexibility index (Phi) is 5.96. The summed E-state index contributed by atoms with van der Waals surface area (Å²) in [5.74, 6) is 1.43. The SMILES string of the molecule is CCCCN(CC)C(=O)C1CCN(c2cnccn2)CC1. The maximum atomic E-state index is 12.6. The monoisotopic (exact) mass is 290 g/mol. The molecule has 1 aliphatic heterocycles. The van der Waals surface area contributed by atoms with Gasteiger partial charge in [0.2, 0.25) is 5.91 Å². The number of anilines is 1. The van der Waals surface area contributed by atoms with Crippen LogP contribution in [-0.2, 0) is 4.79 Å². The fourth-order valence-corrected chi connectivity index (χ4v) is 2.84. The molecule has 2 rings (SSSR count). The Bertz CT molecular complexity index is 429. The van der Waals surface area contributed by atoms with Gasteiger partial charge in [0, 0.05) is 44.5 Å². The van der Waals surface area contributed by atoms with Gasteiger partial charge in [0.1, 0.15) is 5.82 Å². The minimum absolute atomic E-state index is 0.176. The minimum atomic E-state index is 0.176. The molecule has 2 heterocycles. The van der Waals surface area contributed by atoms with E-state index in [0.29, 0.717) is 5.91 Å². The third-order valence-electron chi connectivity index (χ3n) is 4.19. The zero-order valence-electron chi connectivity index (χ0n) is 13.2. The van der Waals surface area contributed by atoms with Crippen LogP contribution in [0.4, 0.5) is 5.82 Å². The van der Waals surface area contributed by atoms with E-state index in [4.69, 9.17) is 0 Å². The van der Waals surface area contributed by atoms with Crippen molar-refractivity contribution in [3.63, 3.8) is 0 Å². The van der Waals surface area contributed by atoms with E-state index in [1.165, 1.54) is 0 Å². The lowest BCUT2D eigenvalue weighted by atomic mass is 9.95. The molecule has 0 atom stereocenters. The van der Waals surface area contributed by atoms with Crippen molar-refractivity contribution in [2.75, 3.05) is 31.1 Å². The summed E-state index contributed by atoms with van der Waals surface area (Å²) < 4.78 is 0. The molecule has 0 unspecified atom stereocenters. The van der Waals surface area contributed by atoms with Gasteiger partial charge >= 0.3 is 0 Å². The molecule has 0 aliphatic carbocycles. The molecule has 0 bridgehead atoms. The van der Waals surface area contributed by atoms with E-state index in [-0.39, 0.29) is 5.92 Å². The molecular formula is C16H26N4O. The molecule has 0 saturated carbocycles. The number of hydrogen-bond acceptors (Lipinski definition) is 4. The normalized spacial score (nSPS) is 16.0. The van der Waals surface area contributed by atoms with Crippen molar-refractivity contribution in [1.29, 1.82) is 0 Å². The second kappa shape index (κ2) is 7.96. The smallest absolute Gasteiger partial charge is 0.225 e. The lowest BCUT2D eigenvalue weighted by Crippen LogP contribution is -2.43. The summed E-state index contributed by atoms with van der Waals surface area (Å²) >= 11 is 0. The van der Waals surface area contributed by atoms with E-state index in [1.54, 1.807) is 18.6 Å². The van der Waals surface area contributed by atoms with Crippen molar-refractivity contribution < 1.29 is 4.79 Å². The largest absolute Gasteiger partial charge is 0.355 e. The van der Waals surface area contributed by atoms with Crippen molar-refractivity contribution >= 4 is 11.7 Å². The Morgan fingerprint density at radius 3 is 2.67 bits per heavy atom. The van der Waals surface area contributed by atoms with Gasteiger partial charge in [0.15, 0.2) is 0 Å². The predicted molar refractivity (Wildman–Crippen MR) is 84.1 cm³/mol. The molecule has 21 heavy (non-hydrogen) atoms. The summed E-state index contributed by atoms with van der Waals surface area (Å²) in [4.78, 5) is 25.2. The van der Waals surface area contributed by atoms with Crippen LogP contribution in [0.3, 0.4) is 0 Å². The highest BCUT2D eigenvalue weighted by Crippen LogP contribution is 2.23. The van der Waals surface area contributed by atoms with Crippen molar-refractivity contribution in [3.05, 3.63) is 18.6 Å². The Balaban J connectivity index is 1.86. The summed E-state index contributed by atoms with van der Waals surface area (Å²) in [5, 5.41) is 0. The first-order valence-corrected chi connectivity index (χ1v) is 8.06. The van der Waals surface area contributed by atoms with Crippen LogP contribution in [0.2, 0.25) is 0 Å². The number of amides is 1. The van der Waals surface area contributed by atoms with E-state index in [0.717, 1.165) is 57.7 Å². The van der Waals surface area contributed by atoms with Crippen LogP contribution in [-0.4, -0.2) is 47.0 Å². The molecule has 1 saturated heterocycles. The number of carbonyl (C=O) groups is 1. The van der Waals surface area contributed by atoms with Crippen LogP contribution in [0.15, 0.2) is 18.6 Å². The summed E-state index contributed by atoms with van der Waals surface area (Å²) in [6, 6.07) is 0. The molecule has 0 N–H and O–H groups in total. The van der Waals surface area contributed by atoms with E-state index in [9.17, 15) is 4.79 Å². The zero-order valence-corrected chi connectivity index (χ0v) is 13.2. The van der Waals surface area contributed by atoms with Gasteiger partial charge in [-0.05, 0) is 26.2 Å². The Labute approximate surface area is 127 Å². The molecule has 0 aromatic carbocycles. The number of rotatable bonds is 6. The highest BCUT2D eigenvalue weighted by Gasteiger charge is 2.28. The number of piperidine rings is 1. The fraction of sp³-hybridized carbons (Fsp3) is 0.688. The first kappa shape index (κ1) is 15.7. The maximum Gasteiger partial charge on any atom is 0.225 e. The highest BCUT2D eigenvalue weighted by molar-refractivity contribution is 5.79. The van der Waals surface area contributed by atoms with Crippen LogP contribution >= 0.6 is 0 Å². The predicted octanol–water partition coefficient (Wildman–Crippen LogP) is 2.34. The van der Waals surface area contributed by atoms with Gasteiger partial charge < -0.3 is 9.80 Å². The summed E-state index contributed by atoms with van der Waals surface area (Å²) in [6.45, 7) is 7.74. The third-order valence-corrected chi connectivity index (χ3v) is 4.19. The molecule has 1 aromatic heterocycles. The minimum Gasteiger partial charge on any atom is -0.355 e. The summed E-state index contributed by atoms with van der Waals surface area (Å²) in [6.07, 6.45) is 9.26. The van der Waals surface area contributed by atoms with E-state index in [2.05, 4.69) is 28.7 Å². The van der Waals surface area contributed by atoms with Crippen LogP contribution < -0.4 is 4.90 Å². The van der Waals surface area contributed by atoms with Crippen LogP contribution in [0.1, 0.15) is 39.5 Å². The van der Waals surface area contributed by atoms with Crippen LogP contribution in [0.25, 0.3) is 0 Å². The first-order valence-electron chi connectivity index (χ1n) is 8.06. The molecular weight excluding hydrogens is 264 g/mol. The van der Waals surface area contributed by atoms with Crippen molar-refractivity contribution in [2.24, 2.45) is 5.92 Å². The molecule has 1 amide bonds. The summed E-state index contributed by atoms with van der Waals surface area (Å²) in [5.41, 5.74) is 0. The highest BCUT2D eigenvalue weighted by atomic mass is 16.2. The number of nitrogens with zero attached hydrogens (tertiary/aromatic N) is 4. The van der Waals surface area contributed by atoms with Gasteiger partial charge in [0.05, 0.1) is 6.20 Å². The molecule has 1 aromatic rings. The average Bonchev–Trinajstić information content (AvgIpc) is 2.56. The third kappa shape index (κ3) is 4.16. The molecule has 116 valence electrons. The Morgan fingerprint density at radius 2 is 2.10 bits per heavy atom. The van der Waals surface area contributed by atoms with Gasteiger partial charge in [-0.1, -0.05) is 13.3 Å². The lowest BCUT2D eigenvalue weighted by molar-refractivity contribution is -0.136. The first-order chi connectivity index (χ1) is 10.3. The lowest BCUT2D eigenvalue weighted by Gasteiger charge is -2.34. The number of hydrogen-bond donors (Lipinski definition) is 0. The van der Waals surface area contributed by atoms with Gasteiger partial charge in [-0.25, -0.2) is 4.98 Å². The zero-order chi connectivity index (χ0) is 15.1. The van der Waals surface area contributed by atoms with Gasteiger partial charge in [-0.15, -0.1) is 0 Å². The number of carbonyl (C=O) groups excluding carboxylic acids is 1. The number of unbranched alkanes of at least 4 members (excludes halogenated alkanes) is 1. The van der Waals surface area contributed by atoms with E-state index in [1.807, 2.05) is 4.90 Å². The second-order valence-electron chi connectivity index (χ2n) is 5.60. The quantitative estimate of drug-likeness (QED) is 0.807. The Morgan fingerprint density at radius 1 is 1.33 bits per heavy atom. The van der Waals surface area contributed by atoms with E-state index < -0.39 is 0 Å². The van der Waals surface area contributed by atoms with Gasteiger partial charge in [0.25, 0.3) is 0 Å². The van der Waals surface area contributed by atoms with Crippen LogP contribution in [0.5, 0.6) is 0 Å². The van der Waals surface area contributed by atoms with Gasteiger partial charge in [-0.3, -0.25) is 9.78 Å². The molecule has 0 spiro atoms. The molecule has 5 nitrogen and oxygen atoms in total. The molecule has 5 heteroatoms. The molecule has 1 fully saturated rings. The standard InChI is InChI=1S/C16H26N4O/c1-3-5-10-19(4-2)16(21)14-6-11-20(12-7-14)15-13-17-8-9-18-15/h8-9,13-14H,3-7,10-12H2,1-2H3. The maximum absolute atomic E-state index is 12.6. The fourth-order valence-electron chi connectivity index (χ4n) is 2.84. The summed E-state index contributed by atoms with van der Waals surface area (Å²) in [7, 11) is 0. The molecule has 0 radical (unpaired) electrons. The van der Waals surface area contributed by atoms with Crippen LogP contribution in [0, 0.1) is 5.92 Å².